The van der Waals surface area contributed by atoms with E-state index in [4.69, 9.17) is 0 Å². The maximum atomic E-state index is 13.8. The summed E-state index contributed by atoms with van der Waals surface area (Å²) in [6.07, 6.45) is 0. The number of rotatable bonds is 1. The first-order chi connectivity index (χ1) is 8.35. The van der Waals surface area contributed by atoms with Crippen molar-refractivity contribution < 1.29 is 14.0 Å². The molecule has 2 aliphatic rings. The summed E-state index contributed by atoms with van der Waals surface area (Å²) >= 11 is 0. The van der Waals surface area contributed by atoms with E-state index in [-0.39, 0.29) is 34.8 Å². The first-order valence-electron chi connectivity index (χ1n) is 5.99. The lowest BCUT2D eigenvalue weighted by molar-refractivity contribution is -0.125. The highest BCUT2D eigenvalue weighted by molar-refractivity contribution is 6.25. The van der Waals surface area contributed by atoms with E-state index in [1.807, 2.05) is 13.8 Å². The van der Waals surface area contributed by atoms with Gasteiger partial charge in [-0.2, -0.15) is 0 Å². The number of piperidine rings is 1. The van der Waals surface area contributed by atoms with Gasteiger partial charge in [0.05, 0.1) is 17.5 Å². The number of carbonyl (C=O) groups excluding carboxylic acids is 2. The summed E-state index contributed by atoms with van der Waals surface area (Å²) in [7, 11) is 0. The van der Waals surface area contributed by atoms with Gasteiger partial charge >= 0.3 is 0 Å². The number of nitrogens with zero attached hydrogens (tertiary/aromatic N) is 1. The Balaban J connectivity index is 2.01. The van der Waals surface area contributed by atoms with E-state index in [2.05, 4.69) is 0 Å². The lowest BCUT2D eigenvalue weighted by atomic mass is 10.0. The standard InChI is InChI=1S/C14H14FNO2/c1-7-4-5-9(8(15)6-7)16-12(17)10-11(13(16)18)14(10,2)3/h4-6,10-11H,1-3H3. The Kier molecular flexibility index (Phi) is 2.02. The minimum Gasteiger partial charge on any atom is -0.274 e. The molecule has 2 unspecified atom stereocenters. The van der Waals surface area contributed by atoms with Gasteiger partial charge in [-0.1, -0.05) is 19.9 Å². The van der Waals surface area contributed by atoms with E-state index in [0.29, 0.717) is 0 Å². The van der Waals surface area contributed by atoms with Crippen LogP contribution in [0.15, 0.2) is 18.2 Å². The number of fused-ring (bicyclic) bond motifs is 1. The molecular weight excluding hydrogens is 233 g/mol. The Bertz CT molecular complexity index is 555. The van der Waals surface area contributed by atoms with Crippen LogP contribution in [0.4, 0.5) is 10.1 Å². The molecule has 0 bridgehead atoms. The smallest absolute Gasteiger partial charge is 0.238 e. The molecule has 94 valence electrons. The van der Waals surface area contributed by atoms with Gasteiger partial charge in [-0.25, -0.2) is 9.29 Å². The molecule has 18 heavy (non-hydrogen) atoms. The Labute approximate surface area is 105 Å². The minimum absolute atomic E-state index is 0.0820. The van der Waals surface area contributed by atoms with E-state index in [1.165, 1.54) is 12.1 Å². The number of amides is 2. The number of hydrogen-bond donors (Lipinski definition) is 0. The van der Waals surface area contributed by atoms with Crippen molar-refractivity contribution in [2.24, 2.45) is 17.3 Å². The molecule has 1 aliphatic heterocycles. The Morgan fingerprint density at radius 3 is 2.22 bits per heavy atom. The SMILES string of the molecule is Cc1ccc(N2C(=O)C3C(C2=O)C3(C)C)c(F)c1. The van der Waals surface area contributed by atoms with Crippen molar-refractivity contribution in [3.63, 3.8) is 0 Å². The van der Waals surface area contributed by atoms with Crippen LogP contribution in [0, 0.1) is 30.0 Å². The second-order valence-corrected chi connectivity index (χ2v) is 5.74. The van der Waals surface area contributed by atoms with Crippen molar-refractivity contribution in [2.75, 3.05) is 4.90 Å². The van der Waals surface area contributed by atoms with Crippen LogP contribution in [0.25, 0.3) is 0 Å². The topological polar surface area (TPSA) is 37.4 Å². The van der Waals surface area contributed by atoms with E-state index < -0.39 is 5.82 Å². The third-order valence-corrected chi connectivity index (χ3v) is 4.14. The zero-order chi connectivity index (χ0) is 13.2. The van der Waals surface area contributed by atoms with Gasteiger partial charge < -0.3 is 0 Å². The van der Waals surface area contributed by atoms with Crippen LogP contribution in [0.2, 0.25) is 0 Å². The van der Waals surface area contributed by atoms with Gasteiger partial charge in [-0.15, -0.1) is 0 Å². The van der Waals surface area contributed by atoms with Gasteiger partial charge in [0.2, 0.25) is 11.8 Å². The van der Waals surface area contributed by atoms with Crippen molar-refractivity contribution in [2.45, 2.75) is 20.8 Å². The van der Waals surface area contributed by atoms with Gasteiger partial charge in [0.1, 0.15) is 5.82 Å². The summed E-state index contributed by atoms with van der Waals surface area (Å²) in [5, 5.41) is 0. The monoisotopic (exact) mass is 247 g/mol. The van der Waals surface area contributed by atoms with Crippen LogP contribution in [0.1, 0.15) is 19.4 Å². The fraction of sp³-hybridized carbons (Fsp3) is 0.429. The van der Waals surface area contributed by atoms with E-state index in [9.17, 15) is 14.0 Å². The number of carbonyl (C=O) groups is 2. The molecule has 2 fully saturated rings. The fourth-order valence-electron chi connectivity index (χ4n) is 2.98. The van der Waals surface area contributed by atoms with E-state index >= 15 is 0 Å². The first-order valence-corrected chi connectivity index (χ1v) is 5.99. The molecule has 0 spiro atoms. The molecule has 1 saturated heterocycles. The molecule has 1 aromatic rings. The van der Waals surface area contributed by atoms with Crippen molar-refractivity contribution in [3.05, 3.63) is 29.6 Å². The van der Waals surface area contributed by atoms with Crippen LogP contribution in [0.5, 0.6) is 0 Å². The molecule has 1 aromatic carbocycles. The molecule has 2 atom stereocenters. The van der Waals surface area contributed by atoms with Gasteiger partial charge in [0.15, 0.2) is 0 Å². The maximum absolute atomic E-state index is 13.8. The number of benzene rings is 1. The molecule has 0 N–H and O–H groups in total. The fourth-order valence-corrected chi connectivity index (χ4v) is 2.98. The normalized spacial score (nSPS) is 28.6. The van der Waals surface area contributed by atoms with Crippen LogP contribution < -0.4 is 4.90 Å². The van der Waals surface area contributed by atoms with Crippen LogP contribution >= 0.6 is 0 Å². The highest BCUT2D eigenvalue weighted by atomic mass is 19.1. The molecule has 4 heteroatoms. The average molecular weight is 247 g/mol. The van der Waals surface area contributed by atoms with E-state index in [0.717, 1.165) is 10.5 Å². The Morgan fingerprint density at radius 2 is 1.72 bits per heavy atom. The van der Waals surface area contributed by atoms with Crippen molar-refractivity contribution in [3.8, 4) is 0 Å². The summed E-state index contributed by atoms with van der Waals surface area (Å²) in [5.41, 5.74) is 0.589. The summed E-state index contributed by atoms with van der Waals surface area (Å²) in [6, 6.07) is 4.54. The molecule has 3 rings (SSSR count). The van der Waals surface area contributed by atoms with Crippen LogP contribution in [0.3, 0.4) is 0 Å². The second kappa shape index (κ2) is 3.19. The maximum Gasteiger partial charge on any atom is 0.238 e. The van der Waals surface area contributed by atoms with Gasteiger partial charge in [0, 0.05) is 0 Å². The van der Waals surface area contributed by atoms with Crippen molar-refractivity contribution >= 4 is 17.5 Å². The zero-order valence-corrected chi connectivity index (χ0v) is 10.5. The molecule has 3 nitrogen and oxygen atoms in total. The van der Waals surface area contributed by atoms with Crippen LogP contribution in [-0.2, 0) is 9.59 Å². The largest absolute Gasteiger partial charge is 0.274 e. The molecule has 1 heterocycles. The number of aryl methyl sites for hydroxylation is 1. The molecule has 1 aliphatic carbocycles. The van der Waals surface area contributed by atoms with Crippen molar-refractivity contribution in [1.29, 1.82) is 0 Å². The van der Waals surface area contributed by atoms with E-state index in [1.54, 1.807) is 13.0 Å². The molecule has 1 saturated carbocycles. The quantitative estimate of drug-likeness (QED) is 0.714. The van der Waals surface area contributed by atoms with Crippen molar-refractivity contribution in [1.82, 2.24) is 0 Å². The Morgan fingerprint density at radius 1 is 1.17 bits per heavy atom. The summed E-state index contributed by atoms with van der Waals surface area (Å²) < 4.78 is 13.8. The van der Waals surface area contributed by atoms with Gasteiger partial charge in [-0.05, 0) is 30.0 Å². The predicted molar refractivity (Wildman–Crippen MR) is 64.4 cm³/mol. The third-order valence-electron chi connectivity index (χ3n) is 4.14. The second-order valence-electron chi connectivity index (χ2n) is 5.74. The molecular formula is C14H14FNO2. The summed E-state index contributed by atoms with van der Waals surface area (Å²) in [4.78, 5) is 25.3. The first kappa shape index (κ1) is 11.4. The molecule has 0 aromatic heterocycles. The lowest BCUT2D eigenvalue weighted by Gasteiger charge is -2.21. The number of imide groups is 1. The number of hydrogen-bond acceptors (Lipinski definition) is 2. The number of anilines is 1. The predicted octanol–water partition coefficient (Wildman–Crippen LogP) is 2.28. The molecule has 0 radical (unpaired) electrons. The average Bonchev–Trinajstić information content (AvgIpc) is 2.72. The highest BCUT2D eigenvalue weighted by Gasteiger charge is 2.72. The zero-order valence-electron chi connectivity index (χ0n) is 10.5. The summed E-state index contributed by atoms with van der Waals surface area (Å²) in [6.45, 7) is 5.57. The highest BCUT2D eigenvalue weighted by Crippen LogP contribution is 2.63. The Hall–Kier alpha value is -1.71. The number of halogens is 1. The van der Waals surface area contributed by atoms with Crippen LogP contribution in [-0.4, -0.2) is 11.8 Å². The van der Waals surface area contributed by atoms with Gasteiger partial charge in [0.25, 0.3) is 0 Å². The lowest BCUT2D eigenvalue weighted by Crippen LogP contribution is -2.36. The third kappa shape index (κ3) is 1.23. The summed E-state index contributed by atoms with van der Waals surface area (Å²) in [5.74, 6) is -1.59. The minimum atomic E-state index is -0.518. The van der Waals surface area contributed by atoms with Gasteiger partial charge in [-0.3, -0.25) is 9.59 Å². The molecule has 2 amide bonds.